The van der Waals surface area contributed by atoms with Crippen molar-refractivity contribution in [2.75, 3.05) is 26.9 Å². The molecule has 6 nitrogen and oxygen atoms in total. The minimum absolute atomic E-state index is 0.0582. The molecule has 166 valence electrons. The minimum atomic E-state index is 0.0582. The molecule has 1 amide bonds. The standard InChI is InChI=1S/C25H33N3O3/c1-3-31-18-17-28-23-10-7-6-9-22(23)27-24(28)11-5-4-8-16-26-25(29)19-20-12-14-21(30-2)15-13-20/h6-7,9-10,12-15H,3-5,8,11,16-19H2,1-2H3,(H,26,29). The molecule has 3 rings (SSSR count). The number of ether oxygens (including phenoxy) is 2. The van der Waals surface area contributed by atoms with Gasteiger partial charge in [-0.3, -0.25) is 4.79 Å². The first-order valence-electron chi connectivity index (χ1n) is 11.1. The average Bonchev–Trinajstić information content (AvgIpc) is 3.14. The van der Waals surface area contributed by atoms with E-state index in [2.05, 4.69) is 28.1 Å². The zero-order valence-electron chi connectivity index (χ0n) is 18.6. The van der Waals surface area contributed by atoms with E-state index in [-0.39, 0.29) is 5.91 Å². The van der Waals surface area contributed by atoms with Crippen molar-refractivity contribution in [2.24, 2.45) is 0 Å². The third kappa shape index (κ3) is 6.82. The second kappa shape index (κ2) is 12.1. The number of amides is 1. The summed E-state index contributed by atoms with van der Waals surface area (Å²) in [5.41, 5.74) is 3.20. The van der Waals surface area contributed by atoms with E-state index in [1.165, 1.54) is 5.52 Å². The van der Waals surface area contributed by atoms with E-state index in [0.717, 1.165) is 61.5 Å². The van der Waals surface area contributed by atoms with Gasteiger partial charge >= 0.3 is 0 Å². The maximum absolute atomic E-state index is 12.1. The van der Waals surface area contributed by atoms with E-state index in [0.29, 0.717) is 19.6 Å². The van der Waals surface area contributed by atoms with Gasteiger partial charge in [0.2, 0.25) is 5.91 Å². The summed E-state index contributed by atoms with van der Waals surface area (Å²) in [6.45, 7) is 4.97. The molecule has 2 aromatic carbocycles. The maximum Gasteiger partial charge on any atom is 0.224 e. The fourth-order valence-electron chi connectivity index (χ4n) is 3.67. The highest BCUT2D eigenvalue weighted by molar-refractivity contribution is 5.78. The normalized spacial score (nSPS) is 11.0. The highest BCUT2D eigenvalue weighted by Gasteiger charge is 2.10. The first-order valence-corrected chi connectivity index (χ1v) is 11.1. The third-order valence-electron chi connectivity index (χ3n) is 5.32. The van der Waals surface area contributed by atoms with Crippen LogP contribution in [0.4, 0.5) is 0 Å². The van der Waals surface area contributed by atoms with Crippen molar-refractivity contribution in [1.29, 1.82) is 0 Å². The minimum Gasteiger partial charge on any atom is -0.497 e. The van der Waals surface area contributed by atoms with Crippen LogP contribution >= 0.6 is 0 Å². The lowest BCUT2D eigenvalue weighted by molar-refractivity contribution is -0.120. The molecule has 31 heavy (non-hydrogen) atoms. The van der Waals surface area contributed by atoms with Crippen LogP contribution in [-0.4, -0.2) is 42.3 Å². The number of nitrogens with one attached hydrogen (secondary N) is 1. The van der Waals surface area contributed by atoms with Crippen LogP contribution < -0.4 is 10.1 Å². The van der Waals surface area contributed by atoms with Crippen LogP contribution in [0.25, 0.3) is 11.0 Å². The van der Waals surface area contributed by atoms with Crippen molar-refractivity contribution in [2.45, 2.75) is 45.6 Å². The number of hydrogen-bond acceptors (Lipinski definition) is 4. The van der Waals surface area contributed by atoms with Crippen LogP contribution in [0.5, 0.6) is 5.75 Å². The second-order valence-electron chi connectivity index (χ2n) is 7.55. The van der Waals surface area contributed by atoms with Crippen molar-refractivity contribution in [3.8, 4) is 5.75 Å². The lowest BCUT2D eigenvalue weighted by Crippen LogP contribution is -2.26. The Morgan fingerprint density at radius 3 is 2.65 bits per heavy atom. The summed E-state index contributed by atoms with van der Waals surface area (Å²) in [5, 5.41) is 3.02. The molecule has 1 aromatic heterocycles. The molecule has 0 radical (unpaired) electrons. The van der Waals surface area contributed by atoms with E-state index in [1.807, 2.05) is 37.3 Å². The molecular formula is C25H33N3O3. The van der Waals surface area contributed by atoms with Gasteiger partial charge in [0.15, 0.2) is 0 Å². The molecule has 0 aliphatic heterocycles. The van der Waals surface area contributed by atoms with Gasteiger partial charge in [-0.15, -0.1) is 0 Å². The predicted molar refractivity (Wildman–Crippen MR) is 123 cm³/mol. The zero-order valence-corrected chi connectivity index (χ0v) is 18.6. The Morgan fingerprint density at radius 2 is 1.87 bits per heavy atom. The molecule has 0 atom stereocenters. The molecule has 0 spiro atoms. The molecule has 3 aromatic rings. The van der Waals surface area contributed by atoms with Crippen molar-refractivity contribution in [1.82, 2.24) is 14.9 Å². The van der Waals surface area contributed by atoms with Gasteiger partial charge in [0.25, 0.3) is 0 Å². The van der Waals surface area contributed by atoms with Crippen molar-refractivity contribution in [3.05, 3.63) is 59.9 Å². The number of para-hydroxylation sites is 2. The Morgan fingerprint density at radius 1 is 1.06 bits per heavy atom. The van der Waals surface area contributed by atoms with Gasteiger partial charge in [0.1, 0.15) is 11.6 Å². The smallest absolute Gasteiger partial charge is 0.224 e. The number of methoxy groups -OCH3 is 1. The topological polar surface area (TPSA) is 65.4 Å². The first kappa shape index (κ1) is 22.8. The Bertz CT molecular complexity index is 950. The second-order valence-corrected chi connectivity index (χ2v) is 7.55. The van der Waals surface area contributed by atoms with Crippen LogP contribution in [-0.2, 0) is 28.9 Å². The van der Waals surface area contributed by atoms with E-state index >= 15 is 0 Å². The number of carbonyl (C=O) groups excluding carboxylic acids is 1. The number of hydrogen-bond donors (Lipinski definition) is 1. The summed E-state index contributed by atoms with van der Waals surface area (Å²) in [7, 11) is 1.64. The van der Waals surface area contributed by atoms with Gasteiger partial charge < -0.3 is 19.4 Å². The van der Waals surface area contributed by atoms with Gasteiger partial charge in [-0.1, -0.05) is 30.7 Å². The Hall–Kier alpha value is -2.86. The molecule has 6 heteroatoms. The average molecular weight is 424 g/mol. The number of fused-ring (bicyclic) bond motifs is 1. The summed E-state index contributed by atoms with van der Waals surface area (Å²) < 4.78 is 13.0. The van der Waals surface area contributed by atoms with Gasteiger partial charge in [0.05, 0.1) is 31.2 Å². The summed E-state index contributed by atoms with van der Waals surface area (Å²) in [4.78, 5) is 16.9. The molecule has 0 saturated heterocycles. The number of carbonyl (C=O) groups is 1. The highest BCUT2D eigenvalue weighted by Crippen LogP contribution is 2.18. The van der Waals surface area contributed by atoms with Crippen LogP contribution in [0, 0.1) is 0 Å². The largest absolute Gasteiger partial charge is 0.497 e. The molecule has 0 aliphatic rings. The summed E-state index contributed by atoms with van der Waals surface area (Å²) >= 11 is 0. The lowest BCUT2D eigenvalue weighted by atomic mass is 10.1. The first-order chi connectivity index (χ1) is 15.2. The van der Waals surface area contributed by atoms with Crippen molar-refractivity contribution >= 4 is 16.9 Å². The van der Waals surface area contributed by atoms with Gasteiger partial charge in [0, 0.05) is 26.1 Å². The third-order valence-corrected chi connectivity index (χ3v) is 5.32. The number of rotatable bonds is 13. The van der Waals surface area contributed by atoms with Gasteiger partial charge in [-0.2, -0.15) is 0 Å². The summed E-state index contributed by atoms with van der Waals surface area (Å²) in [5.74, 6) is 1.97. The number of aromatic nitrogens is 2. The fourth-order valence-corrected chi connectivity index (χ4v) is 3.67. The van der Waals surface area contributed by atoms with E-state index in [4.69, 9.17) is 14.5 Å². The fraction of sp³-hybridized carbons (Fsp3) is 0.440. The number of unbranched alkanes of at least 4 members (excludes halogenated alkanes) is 2. The maximum atomic E-state index is 12.1. The van der Waals surface area contributed by atoms with E-state index in [1.54, 1.807) is 7.11 Å². The quantitative estimate of drug-likeness (QED) is 0.420. The lowest BCUT2D eigenvalue weighted by Gasteiger charge is -2.09. The SMILES string of the molecule is CCOCCn1c(CCCCCNC(=O)Cc2ccc(OC)cc2)nc2ccccc21. The number of nitrogens with zero attached hydrogens (tertiary/aromatic N) is 2. The molecule has 0 fully saturated rings. The summed E-state index contributed by atoms with van der Waals surface area (Å²) in [6, 6.07) is 15.9. The Labute approximate surface area is 184 Å². The molecular weight excluding hydrogens is 390 g/mol. The predicted octanol–water partition coefficient (Wildman–Crippen LogP) is 4.15. The van der Waals surface area contributed by atoms with E-state index in [9.17, 15) is 4.79 Å². The zero-order chi connectivity index (χ0) is 21.9. The van der Waals surface area contributed by atoms with Crippen LogP contribution in [0.2, 0.25) is 0 Å². The molecule has 1 heterocycles. The van der Waals surface area contributed by atoms with Crippen LogP contribution in [0.1, 0.15) is 37.6 Å². The van der Waals surface area contributed by atoms with Crippen molar-refractivity contribution < 1.29 is 14.3 Å². The monoisotopic (exact) mass is 423 g/mol. The van der Waals surface area contributed by atoms with Gasteiger partial charge in [-0.25, -0.2) is 4.98 Å². The number of imidazole rings is 1. The summed E-state index contributed by atoms with van der Waals surface area (Å²) in [6.07, 6.45) is 4.39. The van der Waals surface area contributed by atoms with Crippen LogP contribution in [0.3, 0.4) is 0 Å². The van der Waals surface area contributed by atoms with Crippen LogP contribution in [0.15, 0.2) is 48.5 Å². The molecule has 0 aliphatic carbocycles. The molecule has 0 bridgehead atoms. The number of benzene rings is 2. The highest BCUT2D eigenvalue weighted by atomic mass is 16.5. The van der Waals surface area contributed by atoms with Gasteiger partial charge in [-0.05, 0) is 49.6 Å². The Kier molecular flexibility index (Phi) is 8.91. The molecule has 1 N–H and O–H groups in total. The molecule has 0 unspecified atom stereocenters. The van der Waals surface area contributed by atoms with Crippen molar-refractivity contribution in [3.63, 3.8) is 0 Å². The molecule has 0 saturated carbocycles. The Balaban J connectivity index is 1.39. The van der Waals surface area contributed by atoms with E-state index < -0.39 is 0 Å². The number of aryl methyl sites for hydroxylation is 1.